The zero-order valence-corrected chi connectivity index (χ0v) is 15.8. The molecule has 1 amide bonds. The lowest BCUT2D eigenvalue weighted by atomic mass is 10.1. The standard InChI is InChI=1S/C21H31N3O/c1-23(2)14-6-7-15-24(3)16-8-13-22-21(25)20-12-11-18-9-4-5-10-19(18)17-20/h4-5,9-12,17H,6-8,13-16H2,1-3H3,(H,22,25). The van der Waals surface area contributed by atoms with Crippen LogP contribution in [0.25, 0.3) is 10.8 Å². The Morgan fingerprint density at radius 1 is 0.880 bits per heavy atom. The molecule has 0 radical (unpaired) electrons. The lowest BCUT2D eigenvalue weighted by Crippen LogP contribution is -2.28. The quantitative estimate of drug-likeness (QED) is 0.674. The Hall–Kier alpha value is -1.91. The first-order chi connectivity index (χ1) is 12.1. The van der Waals surface area contributed by atoms with E-state index in [4.69, 9.17) is 0 Å². The van der Waals surface area contributed by atoms with E-state index in [-0.39, 0.29) is 5.91 Å². The summed E-state index contributed by atoms with van der Waals surface area (Å²) < 4.78 is 0. The van der Waals surface area contributed by atoms with Gasteiger partial charge in [0.25, 0.3) is 5.91 Å². The molecule has 0 saturated heterocycles. The summed E-state index contributed by atoms with van der Waals surface area (Å²) in [4.78, 5) is 16.8. The maximum absolute atomic E-state index is 12.3. The van der Waals surface area contributed by atoms with Crippen molar-refractivity contribution in [2.24, 2.45) is 0 Å². The molecular weight excluding hydrogens is 310 g/mol. The van der Waals surface area contributed by atoms with Crippen molar-refractivity contribution in [3.63, 3.8) is 0 Å². The van der Waals surface area contributed by atoms with E-state index in [2.05, 4.69) is 42.3 Å². The Bertz CT molecular complexity index is 669. The molecule has 0 aliphatic rings. The van der Waals surface area contributed by atoms with Crippen LogP contribution in [0.15, 0.2) is 42.5 Å². The van der Waals surface area contributed by atoms with E-state index in [0.717, 1.165) is 42.4 Å². The van der Waals surface area contributed by atoms with Crippen molar-refractivity contribution < 1.29 is 4.79 Å². The fourth-order valence-corrected chi connectivity index (χ4v) is 2.91. The van der Waals surface area contributed by atoms with Crippen molar-refractivity contribution in [3.05, 3.63) is 48.0 Å². The predicted molar refractivity (Wildman–Crippen MR) is 106 cm³/mol. The van der Waals surface area contributed by atoms with Gasteiger partial charge in [0, 0.05) is 12.1 Å². The first-order valence-corrected chi connectivity index (χ1v) is 9.16. The minimum atomic E-state index is 0.0133. The first-order valence-electron chi connectivity index (χ1n) is 9.16. The molecule has 0 saturated carbocycles. The van der Waals surface area contributed by atoms with Gasteiger partial charge in [0.1, 0.15) is 0 Å². The van der Waals surface area contributed by atoms with Gasteiger partial charge in [-0.3, -0.25) is 4.79 Å². The highest BCUT2D eigenvalue weighted by Gasteiger charge is 2.06. The van der Waals surface area contributed by atoms with Gasteiger partial charge in [0.15, 0.2) is 0 Å². The summed E-state index contributed by atoms with van der Waals surface area (Å²) in [5.74, 6) is 0.0133. The molecule has 0 aliphatic heterocycles. The summed E-state index contributed by atoms with van der Waals surface area (Å²) >= 11 is 0. The fourth-order valence-electron chi connectivity index (χ4n) is 2.91. The molecule has 0 bridgehead atoms. The highest BCUT2D eigenvalue weighted by molar-refractivity contribution is 5.98. The van der Waals surface area contributed by atoms with Gasteiger partial charge in [0.05, 0.1) is 0 Å². The molecular formula is C21H31N3O. The van der Waals surface area contributed by atoms with Gasteiger partial charge in [-0.25, -0.2) is 0 Å². The molecule has 2 aromatic carbocycles. The van der Waals surface area contributed by atoms with E-state index >= 15 is 0 Å². The van der Waals surface area contributed by atoms with E-state index in [1.54, 1.807) is 0 Å². The highest BCUT2D eigenvalue weighted by atomic mass is 16.1. The fraction of sp³-hybridized carbons (Fsp3) is 0.476. The lowest BCUT2D eigenvalue weighted by Gasteiger charge is -2.17. The summed E-state index contributed by atoms with van der Waals surface area (Å²) in [5, 5.41) is 5.30. The Kier molecular flexibility index (Phi) is 7.89. The molecule has 0 aliphatic carbocycles. The van der Waals surface area contributed by atoms with Crippen LogP contribution in [0.2, 0.25) is 0 Å². The van der Waals surface area contributed by atoms with Crippen LogP contribution in [-0.4, -0.2) is 63.0 Å². The van der Waals surface area contributed by atoms with Gasteiger partial charge in [-0.15, -0.1) is 0 Å². The smallest absolute Gasteiger partial charge is 0.251 e. The minimum Gasteiger partial charge on any atom is -0.352 e. The molecule has 4 nitrogen and oxygen atoms in total. The van der Waals surface area contributed by atoms with Crippen molar-refractivity contribution in [3.8, 4) is 0 Å². The number of nitrogens with zero attached hydrogens (tertiary/aromatic N) is 2. The van der Waals surface area contributed by atoms with Gasteiger partial charge in [0.2, 0.25) is 0 Å². The van der Waals surface area contributed by atoms with Crippen LogP contribution in [-0.2, 0) is 0 Å². The Morgan fingerprint density at radius 3 is 2.32 bits per heavy atom. The average molecular weight is 341 g/mol. The molecule has 0 spiro atoms. The average Bonchev–Trinajstić information content (AvgIpc) is 2.61. The van der Waals surface area contributed by atoms with E-state index in [1.165, 1.54) is 12.8 Å². The van der Waals surface area contributed by atoms with Gasteiger partial charge in [-0.2, -0.15) is 0 Å². The van der Waals surface area contributed by atoms with Crippen LogP contribution in [0, 0.1) is 0 Å². The van der Waals surface area contributed by atoms with E-state index < -0.39 is 0 Å². The van der Waals surface area contributed by atoms with Gasteiger partial charge in [-0.1, -0.05) is 30.3 Å². The number of unbranched alkanes of at least 4 members (excludes halogenated alkanes) is 1. The molecule has 25 heavy (non-hydrogen) atoms. The first kappa shape index (κ1) is 19.4. The summed E-state index contributed by atoms with van der Waals surface area (Å²) in [6.45, 7) is 4.00. The molecule has 0 heterocycles. The molecule has 136 valence electrons. The minimum absolute atomic E-state index is 0.0133. The third-order valence-electron chi connectivity index (χ3n) is 4.41. The van der Waals surface area contributed by atoms with Crippen molar-refractivity contribution in [1.29, 1.82) is 0 Å². The summed E-state index contributed by atoms with van der Waals surface area (Å²) in [5.41, 5.74) is 0.732. The number of amides is 1. The second kappa shape index (κ2) is 10.2. The summed E-state index contributed by atoms with van der Waals surface area (Å²) in [6.07, 6.45) is 3.43. The maximum atomic E-state index is 12.3. The third kappa shape index (κ3) is 6.85. The van der Waals surface area contributed by atoms with E-state index in [1.807, 2.05) is 36.4 Å². The van der Waals surface area contributed by atoms with Crippen LogP contribution in [0.3, 0.4) is 0 Å². The molecule has 1 N–H and O–H groups in total. The molecule has 4 heteroatoms. The topological polar surface area (TPSA) is 35.6 Å². The highest BCUT2D eigenvalue weighted by Crippen LogP contribution is 2.15. The monoisotopic (exact) mass is 341 g/mol. The van der Waals surface area contributed by atoms with Gasteiger partial charge < -0.3 is 15.1 Å². The maximum Gasteiger partial charge on any atom is 0.251 e. The summed E-state index contributed by atoms with van der Waals surface area (Å²) in [7, 11) is 6.38. The van der Waals surface area contributed by atoms with Crippen LogP contribution < -0.4 is 5.32 Å². The van der Waals surface area contributed by atoms with Crippen molar-refractivity contribution >= 4 is 16.7 Å². The number of nitrogens with one attached hydrogen (secondary N) is 1. The number of hydrogen-bond donors (Lipinski definition) is 1. The molecule has 2 rings (SSSR count). The van der Waals surface area contributed by atoms with Gasteiger partial charge in [-0.05, 0) is 82.9 Å². The predicted octanol–water partition coefficient (Wildman–Crippen LogP) is 3.23. The Morgan fingerprint density at radius 2 is 1.56 bits per heavy atom. The molecule has 2 aromatic rings. The van der Waals surface area contributed by atoms with Crippen LogP contribution in [0.5, 0.6) is 0 Å². The van der Waals surface area contributed by atoms with Crippen LogP contribution in [0.1, 0.15) is 29.6 Å². The molecule has 0 atom stereocenters. The van der Waals surface area contributed by atoms with Crippen molar-refractivity contribution in [1.82, 2.24) is 15.1 Å². The van der Waals surface area contributed by atoms with Crippen molar-refractivity contribution in [2.45, 2.75) is 19.3 Å². The largest absolute Gasteiger partial charge is 0.352 e. The second-order valence-corrected chi connectivity index (χ2v) is 6.99. The Balaban J connectivity index is 1.66. The van der Waals surface area contributed by atoms with Gasteiger partial charge >= 0.3 is 0 Å². The second-order valence-electron chi connectivity index (χ2n) is 6.99. The number of carbonyl (C=O) groups is 1. The number of carbonyl (C=O) groups excluding carboxylic acids is 1. The molecule has 0 fully saturated rings. The number of benzene rings is 2. The Labute approximate surface area is 151 Å². The lowest BCUT2D eigenvalue weighted by molar-refractivity contribution is 0.0952. The van der Waals surface area contributed by atoms with Crippen LogP contribution in [0.4, 0.5) is 0 Å². The number of fused-ring (bicyclic) bond motifs is 1. The van der Waals surface area contributed by atoms with Crippen LogP contribution >= 0.6 is 0 Å². The molecule has 0 unspecified atom stereocenters. The van der Waals surface area contributed by atoms with E-state index in [0.29, 0.717) is 6.54 Å². The number of rotatable bonds is 10. The number of hydrogen-bond acceptors (Lipinski definition) is 3. The zero-order valence-electron chi connectivity index (χ0n) is 15.8. The van der Waals surface area contributed by atoms with Crippen molar-refractivity contribution in [2.75, 3.05) is 47.3 Å². The summed E-state index contributed by atoms with van der Waals surface area (Å²) in [6, 6.07) is 14.0. The normalized spacial score (nSPS) is 11.4. The SMILES string of the molecule is CN(C)CCCCN(C)CCCNC(=O)c1ccc2ccccc2c1. The molecule has 0 aromatic heterocycles. The zero-order chi connectivity index (χ0) is 18.1. The van der Waals surface area contributed by atoms with E-state index in [9.17, 15) is 4.79 Å². The third-order valence-corrected chi connectivity index (χ3v) is 4.41.